The van der Waals surface area contributed by atoms with E-state index in [0.29, 0.717) is 197 Å². The van der Waals surface area contributed by atoms with Gasteiger partial charge in [0.15, 0.2) is 105 Å². The predicted molar refractivity (Wildman–Crippen MR) is 586 cm³/mol. The van der Waals surface area contributed by atoms with Gasteiger partial charge in [-0.3, -0.25) is 22.8 Å². The maximum absolute atomic E-state index is 10.8. The molecule has 816 valence electrons. The summed E-state index contributed by atoms with van der Waals surface area (Å²) < 4.78 is 65.6. The summed E-state index contributed by atoms with van der Waals surface area (Å²) in [6.45, 7) is 30.2. The highest BCUT2D eigenvalue weighted by atomic mass is 31.2. The summed E-state index contributed by atoms with van der Waals surface area (Å²) >= 11 is 0. The minimum absolute atomic E-state index is 0.118. The van der Waals surface area contributed by atoms with E-state index >= 15 is 0 Å². The highest BCUT2D eigenvalue weighted by molar-refractivity contribution is 7.73. The minimum atomic E-state index is -1.31. The van der Waals surface area contributed by atoms with Crippen LogP contribution in [-0.4, -0.2) is 470 Å². The molecule has 0 aromatic carbocycles. The lowest BCUT2D eigenvalue weighted by Crippen LogP contribution is -2.32. The molecule has 0 aliphatic carbocycles. The number of fused-ring (bicyclic) bond motifs is 5. The van der Waals surface area contributed by atoms with Crippen molar-refractivity contribution in [1.82, 2.24) is 92.6 Å². The second kappa shape index (κ2) is 55.5. The SMILES string of the molecule is C=P(C)(C)CC[C@H]1OC(n2c(N)nc3c(NCCCOCCOCCOCCOCCOCCCN)ncnc32)[C@H](O)[C@@H]1O.C=P(C)(C)CC[C@H]1OC(n2cnc3c(NC)ccnc32)[C@H](O)[C@@H]1O.C=P(C)(C)CC[C@H]1OC(n2cnc3c(NCC)ncnc32)[C@H](O)[C@@H]1O.C=P(C)(C)CC[C@H]1OC(n2cnc3c(NCCC)ncnc32)[C@H](O)[C@@H]1O.C=P(C)(C)CC[C@H]1OC(n2cnc3c(NCCCC)ncnc32)[C@H](O)[C@@H]1O. The smallest absolute Gasteiger partial charge is 0.204 e. The molecule has 0 amide bonds. The van der Waals surface area contributed by atoms with Crippen LogP contribution in [0.5, 0.6) is 0 Å². The first-order valence-electron chi connectivity index (χ1n) is 50.0. The van der Waals surface area contributed by atoms with Gasteiger partial charge in [0.1, 0.15) is 91.9 Å². The number of hydrogen-bond acceptors (Lipinski definition) is 41. The van der Waals surface area contributed by atoms with Crippen molar-refractivity contribution in [3.63, 3.8) is 0 Å². The van der Waals surface area contributed by atoms with Crippen LogP contribution in [0, 0.1) is 0 Å². The Hall–Kier alpha value is -7.72. The fourth-order valence-corrected chi connectivity index (χ4v) is 21.6. The summed E-state index contributed by atoms with van der Waals surface area (Å²) in [6.07, 6.45) is 31.1. The number of nitrogens with zero attached hydrogens (tertiary/aromatic N) is 19. The largest absolute Gasteiger partial charge is 0.388 e. The Morgan fingerprint density at radius 3 is 0.966 bits per heavy atom. The van der Waals surface area contributed by atoms with Crippen molar-refractivity contribution in [3.05, 3.63) is 62.9 Å². The molecule has 5 unspecified atom stereocenters. The summed E-state index contributed by atoms with van der Waals surface area (Å²) in [7, 11) is 1.82. The Labute approximate surface area is 855 Å². The van der Waals surface area contributed by atoms with Crippen LogP contribution in [0.1, 0.15) is 116 Å². The number of aliphatic hydroxyl groups excluding tert-OH is 10. The number of nitrogens with two attached hydrogens (primary N) is 2. The number of anilines is 6. The Balaban J connectivity index is 0.000000177. The molecule has 51 heteroatoms. The number of rotatable bonds is 50. The lowest BCUT2D eigenvalue weighted by Gasteiger charge is -2.19. The first-order valence-corrected chi connectivity index (χ1v) is 65.3. The molecule has 5 fully saturated rings. The molecule has 15 heterocycles. The lowest BCUT2D eigenvalue weighted by atomic mass is 10.1. The highest BCUT2D eigenvalue weighted by Gasteiger charge is 2.50. The zero-order chi connectivity index (χ0) is 106. The van der Waals surface area contributed by atoms with E-state index in [1.807, 2.05) is 20.0 Å². The third-order valence-corrected chi connectivity index (χ3v) is 32.2. The molecule has 0 spiro atoms. The summed E-state index contributed by atoms with van der Waals surface area (Å²) in [6, 6.07) is 1.84. The number of aliphatic hydroxyl groups is 10. The molecule has 10 aromatic rings. The van der Waals surface area contributed by atoms with Crippen molar-refractivity contribution in [2.75, 3.05) is 236 Å². The van der Waals surface area contributed by atoms with Crippen molar-refractivity contribution >= 4 is 157 Å². The van der Waals surface area contributed by atoms with Gasteiger partial charge in [0.2, 0.25) is 5.95 Å². The molecule has 15 rings (SSSR count). The molecule has 0 radical (unpaired) electrons. The molecular formula is C95H161N26O20P5. The number of aromatic nitrogens is 19. The Bertz CT molecular complexity index is 5960. The molecule has 5 saturated heterocycles. The van der Waals surface area contributed by atoms with E-state index in [4.69, 9.17) is 58.8 Å². The summed E-state index contributed by atoms with van der Waals surface area (Å²) in [5, 5.41) is 121. The van der Waals surface area contributed by atoms with Crippen LogP contribution in [0.2, 0.25) is 0 Å². The first-order chi connectivity index (χ1) is 69.5. The quantitative estimate of drug-likeness (QED) is 0.0162. The molecule has 46 nitrogen and oxygen atoms in total. The van der Waals surface area contributed by atoms with Crippen molar-refractivity contribution in [2.24, 2.45) is 5.73 Å². The van der Waals surface area contributed by atoms with Gasteiger partial charge in [0.25, 0.3) is 0 Å². The number of nitrogen functional groups attached to an aromatic ring is 1. The van der Waals surface area contributed by atoms with Gasteiger partial charge in [-0.1, -0.05) is 20.3 Å². The second-order valence-corrected chi connectivity index (χ2v) is 62.1. The van der Waals surface area contributed by atoms with Crippen molar-refractivity contribution < 1.29 is 98.4 Å². The normalized spacial score (nSPS) is 24.9. The van der Waals surface area contributed by atoms with E-state index in [9.17, 15) is 51.1 Å². The number of pyridine rings is 1. The van der Waals surface area contributed by atoms with E-state index < -0.39 is 157 Å². The average Bonchev–Trinajstić information content (AvgIpc) is 1.57. The van der Waals surface area contributed by atoms with E-state index in [1.165, 1.54) is 29.9 Å². The lowest BCUT2D eigenvalue weighted by molar-refractivity contribution is -0.0353. The topological polar surface area (TPSA) is 612 Å². The van der Waals surface area contributed by atoms with E-state index in [0.717, 1.165) is 81.7 Å². The second-order valence-electron chi connectivity index (χ2n) is 40.5. The fraction of sp³-hybridized carbons (Fsp3) is 0.674. The summed E-state index contributed by atoms with van der Waals surface area (Å²) in [5.74, 6) is 2.59. The van der Waals surface area contributed by atoms with Crippen molar-refractivity contribution in [2.45, 2.75) is 208 Å². The molecule has 10 aromatic heterocycles. The Morgan fingerprint density at radius 1 is 0.342 bits per heavy atom. The standard InChI is InChI=1S/C28H52N7O8P.C18H30N5O3P.C17H28N5O3P.C16H26N5O3P.C16H25N4O3P/c1-44(2,3)19-6-21-23(36)24(37)27(43-21)35-26-22(34-28(35)30)25(32-20-33-26)31-8-5-10-39-12-14-41-16-18-42-17-15-40-13-11-38-9-4-7-29;1-5-6-8-19-16-13-17(21-10-20-16)23(11-22-13)18-15(25)14(24)12(26-18)7-9-27(2,3)4;1-5-7-18-15-12-16(20-9-19-15)22(10-21-12)17-14(24)13(23)11(25-17)6-8-26(2,3)4;1-5-17-14-11-15(19-8-18-14)21(9-20-11)16-13(23)12(22)10(24-16)6-7-25(2,3)4;1-17-10-5-7-18-15-12(10)19-9-20(15)16-14(22)13(21)11(23-16)6-8-24(2,3)4/h20-21,23-24,27,36-37H,1,4-19,29H2,2-3H3,(H2,30,34)(H,31,32,33);10-12,14-15,18,24-25H,2,5-9H2,1,3-4H3,(H,19,20,21);9-11,13-14,17,23-24H,2,5-8H2,1,3-4H3,(H,18,19,20);8-10,12-13,16,22-23H,2,5-7H2,1,3-4H3,(H,17,18,19);5,7,9,11,13-14,16,21-22H,2,6,8H2,1,3-4H3,(H,17,18)/t21-,23-,24-,27?;12-,14-,15-,18?;11-,13-,14-,17?;10-,12-,13-,16?;11-,13-,14-,16?/m11111/s1. The molecule has 20 atom stereocenters. The highest BCUT2D eigenvalue weighted by Crippen LogP contribution is 2.47. The third kappa shape index (κ3) is 32.9. The minimum Gasteiger partial charge on any atom is -0.388 e. The van der Waals surface area contributed by atoms with Gasteiger partial charge in [-0.25, -0.2) is 69.8 Å². The molecule has 0 saturated carbocycles. The summed E-state index contributed by atoms with van der Waals surface area (Å²) in [5.41, 5.74) is 18.3. The van der Waals surface area contributed by atoms with Gasteiger partial charge in [-0.15, -0.1) is 65.9 Å². The zero-order valence-electron chi connectivity index (χ0n) is 87.0. The zero-order valence-corrected chi connectivity index (χ0v) is 91.5. The van der Waals surface area contributed by atoms with Crippen LogP contribution >= 0.6 is 34.4 Å². The fourth-order valence-electron chi connectivity index (χ4n) is 16.8. The van der Waals surface area contributed by atoms with Crippen LogP contribution in [-0.2, 0) is 47.4 Å². The van der Waals surface area contributed by atoms with Crippen molar-refractivity contribution in [3.8, 4) is 0 Å². The van der Waals surface area contributed by atoms with Crippen LogP contribution in [0.4, 0.5) is 34.9 Å². The van der Waals surface area contributed by atoms with Crippen molar-refractivity contribution in [1.29, 1.82) is 0 Å². The maximum Gasteiger partial charge on any atom is 0.204 e. The predicted octanol–water partition coefficient (Wildman–Crippen LogP) is 5.65. The van der Waals surface area contributed by atoms with Gasteiger partial charge in [-0.2, -0.15) is 0 Å². The van der Waals surface area contributed by atoms with Gasteiger partial charge in [0.05, 0.1) is 114 Å². The van der Waals surface area contributed by atoms with Gasteiger partial charge >= 0.3 is 0 Å². The number of hydrogen-bond donors (Lipinski definition) is 17. The Kier molecular flexibility index (Phi) is 45.1. The molecule has 146 heavy (non-hydrogen) atoms. The van der Waals surface area contributed by atoms with Crippen LogP contribution in [0.15, 0.2) is 62.9 Å². The van der Waals surface area contributed by atoms with E-state index in [1.54, 1.807) is 49.8 Å². The van der Waals surface area contributed by atoms with Gasteiger partial charge in [-0.05, 0) is 175 Å². The maximum atomic E-state index is 10.8. The first kappa shape index (κ1) is 119. The van der Waals surface area contributed by atoms with Crippen LogP contribution in [0.25, 0.3) is 55.8 Å². The third-order valence-electron chi connectivity index (χ3n) is 24.9. The summed E-state index contributed by atoms with van der Waals surface area (Å²) in [4.78, 5) is 60.5. The van der Waals surface area contributed by atoms with Crippen LogP contribution < -0.4 is 38.1 Å². The van der Waals surface area contributed by atoms with Crippen LogP contribution in [0.3, 0.4) is 0 Å². The number of imidazole rings is 5. The average molecular weight is 2140 g/mol. The molecule has 19 N–H and O–H groups in total. The number of unbranched alkanes of at least 4 members (excludes halogenated alkanes) is 1. The van der Waals surface area contributed by atoms with E-state index in [2.05, 4.69) is 208 Å². The number of ether oxygens (including phenoxy) is 10. The molecule has 5 aliphatic rings. The van der Waals surface area contributed by atoms with E-state index in [-0.39, 0.29) is 5.95 Å². The molecule has 5 aliphatic heterocycles. The molecular weight excluding hydrogens is 1980 g/mol. The monoisotopic (exact) mass is 2140 g/mol. The number of nitrogens with one attached hydrogen (secondary N) is 5. The van der Waals surface area contributed by atoms with Gasteiger partial charge < -0.3 is 136 Å². The van der Waals surface area contributed by atoms with Gasteiger partial charge in [0, 0.05) is 52.6 Å². The molecule has 0 bridgehead atoms. The Morgan fingerprint density at radius 2 is 0.637 bits per heavy atom.